The number of sulfonamides is 1. The Labute approximate surface area is 132 Å². The number of hydrogen-bond donors (Lipinski definition) is 1. The first-order valence-corrected chi connectivity index (χ1v) is 9.44. The Hall–Kier alpha value is -1.40. The Bertz CT molecular complexity index is 611. The fourth-order valence-corrected chi connectivity index (χ4v) is 3.84. The molecule has 0 saturated carbocycles. The lowest BCUT2D eigenvalue weighted by Gasteiger charge is -2.30. The van der Waals surface area contributed by atoms with Crippen LogP contribution >= 0.6 is 0 Å². The van der Waals surface area contributed by atoms with Crippen LogP contribution in [0.2, 0.25) is 0 Å². The van der Waals surface area contributed by atoms with Crippen LogP contribution < -0.4 is 5.32 Å². The van der Waals surface area contributed by atoms with E-state index in [4.69, 9.17) is 0 Å². The van der Waals surface area contributed by atoms with Crippen LogP contribution in [0, 0.1) is 5.92 Å². The Kier molecular flexibility index (Phi) is 5.58. The molecule has 1 aliphatic heterocycles. The van der Waals surface area contributed by atoms with Crippen LogP contribution in [0.4, 0.5) is 5.69 Å². The van der Waals surface area contributed by atoms with E-state index in [9.17, 15) is 13.2 Å². The molecule has 22 heavy (non-hydrogen) atoms. The van der Waals surface area contributed by atoms with Gasteiger partial charge in [-0.25, -0.2) is 12.7 Å². The molecular weight excluding hydrogens is 300 g/mol. The van der Waals surface area contributed by atoms with Crippen LogP contribution in [-0.4, -0.2) is 37.5 Å². The average Bonchev–Trinajstić information content (AvgIpc) is 2.55. The third-order valence-electron chi connectivity index (χ3n) is 4.14. The monoisotopic (exact) mass is 324 g/mol. The van der Waals surface area contributed by atoms with Crippen molar-refractivity contribution >= 4 is 21.6 Å². The number of piperidine rings is 1. The fraction of sp³-hybridized carbons (Fsp3) is 0.562. The second kappa shape index (κ2) is 7.24. The molecular formula is C16H24N2O3S. The second-order valence-electron chi connectivity index (χ2n) is 5.64. The van der Waals surface area contributed by atoms with E-state index >= 15 is 0 Å². The summed E-state index contributed by atoms with van der Waals surface area (Å²) in [5.41, 5.74) is 1.98. The first-order chi connectivity index (χ1) is 10.5. The lowest BCUT2D eigenvalue weighted by atomic mass is 9.98. The van der Waals surface area contributed by atoms with Gasteiger partial charge in [0.25, 0.3) is 0 Å². The molecule has 122 valence electrons. The van der Waals surface area contributed by atoms with Gasteiger partial charge >= 0.3 is 0 Å². The zero-order chi connectivity index (χ0) is 16.2. The summed E-state index contributed by atoms with van der Waals surface area (Å²) < 4.78 is 25.3. The number of carbonyl (C=O) groups is 1. The van der Waals surface area contributed by atoms with Gasteiger partial charge in [0.05, 0.1) is 11.7 Å². The van der Waals surface area contributed by atoms with Crippen molar-refractivity contribution in [2.24, 2.45) is 5.92 Å². The first kappa shape index (κ1) is 17.0. The van der Waals surface area contributed by atoms with Crippen molar-refractivity contribution in [1.29, 1.82) is 0 Å². The third kappa shape index (κ3) is 4.08. The SMILES string of the molecule is CCc1ccc(NC(=O)[C@@H]2CCCN(S(=O)(=O)CC)C2)cc1. The van der Waals surface area contributed by atoms with Crippen molar-refractivity contribution < 1.29 is 13.2 Å². The maximum atomic E-state index is 12.4. The highest BCUT2D eigenvalue weighted by Gasteiger charge is 2.31. The summed E-state index contributed by atoms with van der Waals surface area (Å²) in [6, 6.07) is 7.76. The molecule has 2 rings (SSSR count). The number of amides is 1. The standard InChI is InChI=1S/C16H24N2O3S/c1-3-13-7-9-15(10-8-13)17-16(19)14-6-5-11-18(12-14)22(20,21)4-2/h7-10,14H,3-6,11-12H2,1-2H3,(H,17,19)/t14-/m1/s1. The highest BCUT2D eigenvalue weighted by atomic mass is 32.2. The summed E-state index contributed by atoms with van der Waals surface area (Å²) in [6.45, 7) is 4.52. The zero-order valence-corrected chi connectivity index (χ0v) is 14.0. The molecule has 1 aromatic rings. The van der Waals surface area contributed by atoms with E-state index in [-0.39, 0.29) is 24.1 Å². The maximum Gasteiger partial charge on any atom is 0.228 e. The Balaban J connectivity index is 1.99. The van der Waals surface area contributed by atoms with E-state index in [1.807, 2.05) is 24.3 Å². The predicted octanol–water partition coefficient (Wildman–Crippen LogP) is 2.25. The van der Waals surface area contributed by atoms with Crippen molar-refractivity contribution in [1.82, 2.24) is 4.31 Å². The van der Waals surface area contributed by atoms with Crippen molar-refractivity contribution in [3.63, 3.8) is 0 Å². The molecule has 0 radical (unpaired) electrons. The molecule has 0 aliphatic carbocycles. The molecule has 1 saturated heterocycles. The van der Waals surface area contributed by atoms with E-state index in [0.29, 0.717) is 6.54 Å². The highest BCUT2D eigenvalue weighted by molar-refractivity contribution is 7.89. The maximum absolute atomic E-state index is 12.4. The summed E-state index contributed by atoms with van der Waals surface area (Å²) in [6.07, 6.45) is 2.42. The van der Waals surface area contributed by atoms with Gasteiger partial charge in [-0.2, -0.15) is 0 Å². The number of nitrogens with zero attached hydrogens (tertiary/aromatic N) is 1. The Morgan fingerprint density at radius 1 is 1.27 bits per heavy atom. The minimum Gasteiger partial charge on any atom is -0.326 e. The van der Waals surface area contributed by atoms with E-state index in [1.165, 1.54) is 9.87 Å². The van der Waals surface area contributed by atoms with Gasteiger partial charge < -0.3 is 5.32 Å². The van der Waals surface area contributed by atoms with Gasteiger partial charge in [0.1, 0.15) is 0 Å². The molecule has 0 bridgehead atoms. The minimum absolute atomic E-state index is 0.0832. The van der Waals surface area contributed by atoms with Gasteiger partial charge in [-0.1, -0.05) is 19.1 Å². The van der Waals surface area contributed by atoms with Crippen LogP contribution in [0.25, 0.3) is 0 Å². The molecule has 1 amide bonds. The number of benzene rings is 1. The zero-order valence-electron chi connectivity index (χ0n) is 13.2. The van der Waals surface area contributed by atoms with Crippen LogP contribution in [0.3, 0.4) is 0 Å². The number of carbonyl (C=O) groups excluding carboxylic acids is 1. The predicted molar refractivity (Wildman–Crippen MR) is 88.2 cm³/mol. The van der Waals surface area contributed by atoms with Gasteiger partial charge in [-0.3, -0.25) is 4.79 Å². The largest absolute Gasteiger partial charge is 0.326 e. The molecule has 1 fully saturated rings. The number of anilines is 1. The normalized spacial score (nSPS) is 19.8. The number of aryl methyl sites for hydroxylation is 1. The lowest BCUT2D eigenvalue weighted by molar-refractivity contribution is -0.120. The quantitative estimate of drug-likeness (QED) is 0.903. The Morgan fingerprint density at radius 2 is 1.95 bits per heavy atom. The summed E-state index contributed by atoms with van der Waals surface area (Å²) in [7, 11) is -3.22. The molecule has 0 aromatic heterocycles. The van der Waals surface area contributed by atoms with Crippen LogP contribution in [0.1, 0.15) is 32.3 Å². The molecule has 1 N–H and O–H groups in total. The molecule has 6 heteroatoms. The van der Waals surface area contributed by atoms with Gasteiger partial charge in [0.2, 0.25) is 15.9 Å². The number of hydrogen-bond acceptors (Lipinski definition) is 3. The molecule has 1 atom stereocenters. The van der Waals surface area contributed by atoms with Crippen LogP contribution in [0.5, 0.6) is 0 Å². The van der Waals surface area contributed by atoms with E-state index < -0.39 is 10.0 Å². The third-order valence-corrected chi connectivity index (χ3v) is 5.99. The number of nitrogens with one attached hydrogen (secondary N) is 1. The van der Waals surface area contributed by atoms with Gasteiger partial charge in [-0.05, 0) is 43.9 Å². The van der Waals surface area contributed by atoms with Crippen molar-refractivity contribution in [2.75, 3.05) is 24.2 Å². The van der Waals surface area contributed by atoms with Gasteiger partial charge in [0.15, 0.2) is 0 Å². The van der Waals surface area contributed by atoms with Gasteiger partial charge in [-0.15, -0.1) is 0 Å². The molecule has 1 heterocycles. The molecule has 0 unspecified atom stereocenters. The summed E-state index contributed by atoms with van der Waals surface area (Å²) in [4.78, 5) is 12.4. The second-order valence-corrected chi connectivity index (χ2v) is 7.90. The van der Waals surface area contributed by atoms with Crippen LogP contribution in [0.15, 0.2) is 24.3 Å². The van der Waals surface area contributed by atoms with Crippen LogP contribution in [-0.2, 0) is 21.2 Å². The van der Waals surface area contributed by atoms with Crippen molar-refractivity contribution in [3.8, 4) is 0 Å². The van der Waals surface area contributed by atoms with E-state index in [2.05, 4.69) is 12.2 Å². The molecule has 1 aromatic carbocycles. The average molecular weight is 324 g/mol. The summed E-state index contributed by atoms with van der Waals surface area (Å²) in [5, 5.41) is 2.89. The lowest BCUT2D eigenvalue weighted by Crippen LogP contribution is -2.44. The molecule has 5 nitrogen and oxygen atoms in total. The van der Waals surface area contributed by atoms with Crippen molar-refractivity contribution in [2.45, 2.75) is 33.1 Å². The number of rotatable bonds is 5. The smallest absolute Gasteiger partial charge is 0.228 e. The van der Waals surface area contributed by atoms with E-state index in [1.54, 1.807) is 6.92 Å². The van der Waals surface area contributed by atoms with Gasteiger partial charge in [0, 0.05) is 18.8 Å². The highest BCUT2D eigenvalue weighted by Crippen LogP contribution is 2.21. The Morgan fingerprint density at radius 3 is 2.55 bits per heavy atom. The van der Waals surface area contributed by atoms with Crippen molar-refractivity contribution in [3.05, 3.63) is 29.8 Å². The first-order valence-electron chi connectivity index (χ1n) is 7.84. The molecule has 0 spiro atoms. The summed E-state index contributed by atoms with van der Waals surface area (Å²) in [5.74, 6) is -0.291. The fourth-order valence-electron chi connectivity index (χ4n) is 2.66. The minimum atomic E-state index is -3.22. The molecule has 1 aliphatic rings. The topological polar surface area (TPSA) is 66.5 Å². The van der Waals surface area contributed by atoms with E-state index in [0.717, 1.165) is 24.9 Å². The summed E-state index contributed by atoms with van der Waals surface area (Å²) >= 11 is 0.